The van der Waals surface area contributed by atoms with Crippen LogP contribution in [0.1, 0.15) is 41.5 Å². The van der Waals surface area contributed by atoms with Gasteiger partial charge in [0.25, 0.3) is 0 Å². The number of piperidine rings is 1. The number of nitrogens with zero attached hydrogens (tertiary/aromatic N) is 3. The minimum absolute atomic E-state index is 0.0682. The van der Waals surface area contributed by atoms with Gasteiger partial charge in [0.05, 0.1) is 30.0 Å². The highest BCUT2D eigenvalue weighted by Gasteiger charge is 2.27. The van der Waals surface area contributed by atoms with Gasteiger partial charge < -0.3 is 29.7 Å². The van der Waals surface area contributed by atoms with Crippen LogP contribution in [0.4, 0.5) is 11.4 Å². The second-order valence-electron chi connectivity index (χ2n) is 11.9. The van der Waals surface area contributed by atoms with Crippen LogP contribution in [0, 0.1) is 11.3 Å². The topological polar surface area (TPSA) is 109 Å². The van der Waals surface area contributed by atoms with Gasteiger partial charge in [-0.1, -0.05) is 42.0 Å². The molecule has 2 saturated heterocycles. The number of nitriles is 1. The Morgan fingerprint density at radius 2 is 2.00 bits per heavy atom. The molecule has 46 heavy (non-hydrogen) atoms. The van der Waals surface area contributed by atoms with Crippen molar-refractivity contribution in [2.24, 2.45) is 0 Å². The van der Waals surface area contributed by atoms with Gasteiger partial charge in [0, 0.05) is 60.6 Å². The zero-order valence-corrected chi connectivity index (χ0v) is 25.8. The molecular formula is C37H37N5O4. The molecule has 0 bridgehead atoms. The first-order valence-corrected chi connectivity index (χ1v) is 16.0. The molecule has 0 saturated carbocycles. The van der Waals surface area contributed by atoms with E-state index in [2.05, 4.69) is 38.7 Å². The van der Waals surface area contributed by atoms with Gasteiger partial charge >= 0.3 is 0 Å². The van der Waals surface area contributed by atoms with Crippen molar-refractivity contribution in [1.29, 1.82) is 5.26 Å². The van der Waals surface area contributed by atoms with Crippen LogP contribution in [-0.2, 0) is 29.1 Å². The van der Waals surface area contributed by atoms with Gasteiger partial charge in [0.1, 0.15) is 30.3 Å². The number of fused-ring (bicyclic) bond motifs is 2. The fraction of sp³-hybridized carbons (Fsp3) is 0.324. The molecule has 1 unspecified atom stereocenters. The Kier molecular flexibility index (Phi) is 8.81. The summed E-state index contributed by atoms with van der Waals surface area (Å²) in [5, 5.41) is 17.5. The van der Waals surface area contributed by atoms with E-state index in [1.807, 2.05) is 48.5 Å². The number of rotatable bonds is 9. The van der Waals surface area contributed by atoms with Gasteiger partial charge in [-0.3, -0.25) is 9.78 Å². The predicted molar refractivity (Wildman–Crippen MR) is 176 cm³/mol. The van der Waals surface area contributed by atoms with Crippen molar-refractivity contribution in [3.63, 3.8) is 0 Å². The zero-order chi connectivity index (χ0) is 31.3. The maximum atomic E-state index is 12.9. The Morgan fingerprint density at radius 1 is 1.13 bits per heavy atom. The smallest absolute Gasteiger partial charge is 0.244 e. The van der Waals surface area contributed by atoms with Gasteiger partial charge in [-0.2, -0.15) is 5.26 Å². The number of benzene rings is 3. The molecule has 4 aromatic rings. The van der Waals surface area contributed by atoms with Crippen LogP contribution in [0.3, 0.4) is 0 Å². The summed E-state index contributed by atoms with van der Waals surface area (Å²) in [5.74, 6) is 1.32. The van der Waals surface area contributed by atoms with Gasteiger partial charge in [0.2, 0.25) is 5.91 Å². The van der Waals surface area contributed by atoms with Gasteiger partial charge in [-0.15, -0.1) is 0 Å². The maximum Gasteiger partial charge on any atom is 0.244 e. The quantitative estimate of drug-likeness (QED) is 0.239. The molecule has 2 N–H and O–H groups in total. The van der Waals surface area contributed by atoms with Crippen LogP contribution >= 0.6 is 0 Å². The van der Waals surface area contributed by atoms with Crippen molar-refractivity contribution < 1.29 is 19.0 Å². The summed E-state index contributed by atoms with van der Waals surface area (Å²) in [6, 6.07) is 22.6. The highest BCUT2D eigenvalue weighted by atomic mass is 16.5. The molecule has 1 amide bonds. The van der Waals surface area contributed by atoms with E-state index in [0.29, 0.717) is 31.1 Å². The molecule has 0 spiro atoms. The Labute approximate surface area is 268 Å². The monoisotopic (exact) mass is 615 g/mol. The number of pyridine rings is 1. The lowest BCUT2D eigenvalue weighted by molar-refractivity contribution is -0.116. The first kappa shape index (κ1) is 29.8. The van der Waals surface area contributed by atoms with E-state index in [1.54, 1.807) is 12.3 Å². The van der Waals surface area contributed by atoms with Crippen LogP contribution in [0.2, 0.25) is 0 Å². The average Bonchev–Trinajstić information content (AvgIpc) is 3.76. The Balaban J connectivity index is 1.23. The molecule has 4 heterocycles. The number of ether oxygens (including phenoxy) is 3. The predicted octanol–water partition coefficient (Wildman–Crippen LogP) is 5.47. The van der Waals surface area contributed by atoms with Crippen LogP contribution in [-0.4, -0.2) is 49.8 Å². The summed E-state index contributed by atoms with van der Waals surface area (Å²) >= 11 is 0. The highest BCUT2D eigenvalue weighted by Crippen LogP contribution is 2.43. The molecular weight excluding hydrogens is 578 g/mol. The molecule has 7 rings (SSSR count). The van der Waals surface area contributed by atoms with Gasteiger partial charge in [0.15, 0.2) is 0 Å². The third kappa shape index (κ3) is 6.54. The molecule has 3 aromatic carbocycles. The maximum absolute atomic E-state index is 12.9. The average molecular weight is 616 g/mol. The largest absolute Gasteiger partial charge is 0.489 e. The van der Waals surface area contributed by atoms with Crippen molar-refractivity contribution in [2.45, 2.75) is 44.9 Å². The van der Waals surface area contributed by atoms with E-state index < -0.39 is 0 Å². The van der Waals surface area contributed by atoms with E-state index in [1.165, 1.54) is 5.56 Å². The lowest BCUT2D eigenvalue weighted by Gasteiger charge is -2.24. The Hall–Kier alpha value is -4.91. The van der Waals surface area contributed by atoms with Crippen molar-refractivity contribution in [2.75, 3.05) is 37.7 Å². The third-order valence-corrected chi connectivity index (χ3v) is 8.83. The molecule has 9 heteroatoms. The fourth-order valence-corrected chi connectivity index (χ4v) is 6.39. The second kappa shape index (κ2) is 13.6. The van der Waals surface area contributed by atoms with Gasteiger partial charge in [-0.05, 0) is 55.6 Å². The molecule has 234 valence electrons. The Morgan fingerprint density at radius 3 is 2.80 bits per heavy atom. The summed E-state index contributed by atoms with van der Waals surface area (Å²) in [7, 11) is 0. The van der Waals surface area contributed by atoms with Crippen molar-refractivity contribution in [1.82, 2.24) is 15.6 Å². The molecule has 1 atom stereocenters. The molecule has 3 aliphatic heterocycles. The van der Waals surface area contributed by atoms with Crippen LogP contribution in [0.15, 0.2) is 78.5 Å². The number of carbonyl (C=O) groups excluding carboxylic acids is 1. The first-order chi connectivity index (χ1) is 22.6. The summed E-state index contributed by atoms with van der Waals surface area (Å²) in [4.78, 5) is 19.8. The molecule has 0 aliphatic carbocycles. The minimum Gasteiger partial charge on any atom is -0.489 e. The number of hydrogen-bond acceptors (Lipinski definition) is 8. The van der Waals surface area contributed by atoms with E-state index in [0.717, 1.165) is 90.0 Å². The SMILES string of the molecule is N#Cc1cnc2cc(OC3CCOC3)c(CNC(=O)C=C3CCNCC3)cc2c1N1CCc2ccc(OCc3ccccc3)cc21. The second-order valence-corrected chi connectivity index (χ2v) is 11.9. The van der Waals surface area contributed by atoms with Crippen LogP contribution in [0.25, 0.3) is 10.9 Å². The summed E-state index contributed by atoms with van der Waals surface area (Å²) in [5.41, 5.74) is 7.29. The van der Waals surface area contributed by atoms with E-state index in [4.69, 9.17) is 14.2 Å². The molecule has 3 aliphatic rings. The summed E-state index contributed by atoms with van der Waals surface area (Å²) < 4.78 is 18.2. The molecule has 2 fully saturated rings. The number of carbonyl (C=O) groups is 1. The summed E-state index contributed by atoms with van der Waals surface area (Å²) in [6.07, 6.45) is 6.70. The van der Waals surface area contributed by atoms with Crippen molar-refractivity contribution in [3.8, 4) is 17.6 Å². The van der Waals surface area contributed by atoms with E-state index in [-0.39, 0.29) is 18.6 Å². The zero-order valence-electron chi connectivity index (χ0n) is 25.8. The Bertz CT molecular complexity index is 1800. The lowest BCUT2D eigenvalue weighted by atomic mass is 10.0. The molecule has 9 nitrogen and oxygen atoms in total. The summed E-state index contributed by atoms with van der Waals surface area (Å²) in [6.45, 7) is 4.44. The standard InChI is InChI=1S/C37H37N5O4/c38-20-29-22-40-33-19-35(46-31-11-15-44-24-31)28(21-41-36(43)16-25-8-12-39-13-9-25)17-32(33)37(29)42-14-10-27-6-7-30(18-34(27)42)45-23-26-4-2-1-3-5-26/h1-7,16-19,22,31,39H,8-15,21,23-24H2,(H,41,43). The van der Waals surface area contributed by atoms with E-state index in [9.17, 15) is 10.1 Å². The van der Waals surface area contributed by atoms with E-state index >= 15 is 0 Å². The highest BCUT2D eigenvalue weighted by molar-refractivity contribution is 5.99. The number of anilines is 2. The third-order valence-electron chi connectivity index (χ3n) is 8.83. The number of nitrogens with one attached hydrogen (secondary N) is 2. The normalized spacial score (nSPS) is 17.4. The fourth-order valence-electron chi connectivity index (χ4n) is 6.39. The molecule has 0 radical (unpaired) electrons. The van der Waals surface area contributed by atoms with Crippen LogP contribution in [0.5, 0.6) is 11.5 Å². The number of amides is 1. The van der Waals surface area contributed by atoms with Crippen molar-refractivity contribution >= 4 is 28.2 Å². The molecule has 1 aromatic heterocycles. The number of aromatic nitrogens is 1. The lowest BCUT2D eigenvalue weighted by Crippen LogP contribution is -2.26. The van der Waals surface area contributed by atoms with Crippen molar-refractivity contribution in [3.05, 3.63) is 101 Å². The number of hydrogen-bond donors (Lipinski definition) is 2. The van der Waals surface area contributed by atoms with Gasteiger partial charge in [-0.25, -0.2) is 0 Å². The van der Waals surface area contributed by atoms with Crippen LogP contribution < -0.4 is 25.0 Å². The minimum atomic E-state index is -0.118. The first-order valence-electron chi connectivity index (χ1n) is 16.0.